The summed E-state index contributed by atoms with van der Waals surface area (Å²) < 4.78 is 14.7. The van der Waals surface area contributed by atoms with Gasteiger partial charge < -0.3 is 5.42 Å². The predicted octanol–water partition coefficient (Wildman–Crippen LogP) is -0.837. The zero-order valence-corrected chi connectivity index (χ0v) is 4.73. The van der Waals surface area contributed by atoms with Crippen molar-refractivity contribution in [3.05, 3.63) is 5.82 Å². The summed E-state index contributed by atoms with van der Waals surface area (Å²) in [7, 11) is 0. The van der Waals surface area contributed by atoms with Crippen molar-refractivity contribution >= 4 is 0 Å². The van der Waals surface area contributed by atoms with Crippen molar-refractivity contribution in [2.24, 2.45) is 0 Å². The lowest BCUT2D eigenvalue weighted by Crippen LogP contribution is -2.25. The minimum atomic E-state index is -0.286. The molecule has 1 aromatic rings. The van der Waals surface area contributed by atoms with Crippen LogP contribution in [-0.2, 0) is 6.42 Å². The molecule has 5 heteroatoms. The van der Waals surface area contributed by atoms with Crippen molar-refractivity contribution in [1.29, 1.82) is 0 Å². The number of nitrogens with one attached hydrogen (secondary N) is 1. The SMILES string of the molecule is [2H]C1Cc2nnnn2N([2H])C1. The van der Waals surface area contributed by atoms with E-state index >= 15 is 0 Å². The van der Waals surface area contributed by atoms with Gasteiger partial charge in [-0.3, -0.25) is 0 Å². The van der Waals surface area contributed by atoms with Crippen molar-refractivity contribution in [2.75, 3.05) is 12.0 Å². The molecule has 0 aliphatic carbocycles. The Balaban J connectivity index is 2.36. The molecule has 0 spiro atoms. The Labute approximate surface area is 54.9 Å². The highest BCUT2D eigenvalue weighted by molar-refractivity contribution is 4.89. The van der Waals surface area contributed by atoms with Crippen LogP contribution in [0.25, 0.3) is 0 Å². The molecule has 0 amide bonds. The van der Waals surface area contributed by atoms with Gasteiger partial charge in [0, 0.05) is 14.3 Å². The molecule has 1 N–H and O–H groups in total. The molecule has 0 saturated carbocycles. The van der Waals surface area contributed by atoms with Crippen LogP contribution in [0.2, 0.25) is 1.41 Å². The van der Waals surface area contributed by atoms with Gasteiger partial charge in [0.2, 0.25) is 0 Å². The molecule has 1 aliphatic heterocycles. The van der Waals surface area contributed by atoms with E-state index in [1.165, 1.54) is 4.79 Å². The maximum Gasteiger partial charge on any atom is 0.183 e. The molecule has 2 rings (SSSR count). The van der Waals surface area contributed by atoms with Crippen LogP contribution in [-0.4, -0.2) is 26.9 Å². The van der Waals surface area contributed by atoms with E-state index in [4.69, 9.17) is 2.78 Å². The number of aromatic nitrogens is 4. The number of fused-ring (bicyclic) bond motifs is 1. The number of tetrazole rings is 1. The van der Waals surface area contributed by atoms with E-state index in [0.717, 1.165) is 5.42 Å². The van der Waals surface area contributed by atoms with Crippen molar-refractivity contribution in [3.63, 3.8) is 0 Å². The van der Waals surface area contributed by atoms with Gasteiger partial charge >= 0.3 is 0 Å². The first-order valence-corrected chi connectivity index (χ1v) is 2.73. The summed E-state index contributed by atoms with van der Waals surface area (Å²) in [4.78, 5) is 1.31. The maximum atomic E-state index is 7.40. The normalized spacial score (nSPS) is 28.9. The second-order valence-corrected chi connectivity index (χ2v) is 1.80. The third-order valence-corrected chi connectivity index (χ3v) is 1.19. The zero-order chi connectivity index (χ0) is 7.84. The molecule has 1 atom stereocenters. The zero-order valence-electron chi connectivity index (χ0n) is 6.73. The molecule has 9 heavy (non-hydrogen) atoms. The van der Waals surface area contributed by atoms with Crippen LogP contribution in [0.15, 0.2) is 0 Å². The van der Waals surface area contributed by atoms with E-state index in [-0.39, 0.29) is 6.40 Å². The summed E-state index contributed by atoms with van der Waals surface area (Å²) in [6, 6.07) is 0. The lowest BCUT2D eigenvalue weighted by atomic mass is 10.3. The minimum Gasteiger partial charge on any atom is -0.307 e. The molecule has 1 unspecified atom stereocenters. The molecule has 5 nitrogen and oxygen atoms in total. The van der Waals surface area contributed by atoms with Crippen LogP contribution in [0.4, 0.5) is 0 Å². The second kappa shape index (κ2) is 1.68. The smallest absolute Gasteiger partial charge is 0.183 e. The summed E-state index contributed by atoms with van der Waals surface area (Å²) in [5.74, 6) is 0.589. The molecule has 0 saturated heterocycles. The Morgan fingerprint density at radius 1 is 1.89 bits per heavy atom. The fourth-order valence-electron chi connectivity index (χ4n) is 0.762. The standard InChI is InChI=1S/C4H7N5/c1-2-4-6-7-8-9(4)5-3-1/h5H,1-3H2/i1D/hD. The summed E-state index contributed by atoms with van der Waals surface area (Å²) in [5, 5.41) is 10.7. The van der Waals surface area contributed by atoms with Crippen molar-refractivity contribution < 1.29 is 2.78 Å². The summed E-state index contributed by atoms with van der Waals surface area (Å²) in [6.07, 6.45) is 0.244. The highest BCUT2D eigenvalue weighted by Gasteiger charge is 2.08. The van der Waals surface area contributed by atoms with Gasteiger partial charge in [0.1, 0.15) is 0 Å². The highest BCUT2D eigenvalue weighted by atomic mass is 15.7. The van der Waals surface area contributed by atoms with Crippen molar-refractivity contribution in [1.82, 2.24) is 20.3 Å². The quantitative estimate of drug-likeness (QED) is 0.494. The molecule has 0 bridgehead atoms. The third kappa shape index (κ3) is 0.647. The van der Waals surface area contributed by atoms with E-state index in [1.807, 2.05) is 0 Å². The molecule has 48 valence electrons. The van der Waals surface area contributed by atoms with Crippen molar-refractivity contribution in [2.45, 2.75) is 12.8 Å². The van der Waals surface area contributed by atoms with Gasteiger partial charge in [0.05, 0.1) is 0 Å². The van der Waals surface area contributed by atoms with Gasteiger partial charge in [0.25, 0.3) is 0 Å². The molecule has 1 aromatic heterocycles. The van der Waals surface area contributed by atoms with Gasteiger partial charge in [-0.15, -0.1) is 9.89 Å². The van der Waals surface area contributed by atoms with Gasteiger partial charge in [-0.2, -0.15) is 0 Å². The Hall–Kier alpha value is -1.13. The Morgan fingerprint density at radius 2 is 2.89 bits per heavy atom. The lowest BCUT2D eigenvalue weighted by Gasteiger charge is -2.11. The van der Waals surface area contributed by atoms with Gasteiger partial charge in [-0.1, -0.05) is 0 Å². The molecule has 1 aliphatic rings. The average Bonchev–Trinajstić information content (AvgIpc) is 2.34. The number of aryl methyl sites for hydroxylation is 1. The fourth-order valence-corrected chi connectivity index (χ4v) is 0.762. The molecule has 0 fully saturated rings. The first-order valence-electron chi connectivity index (χ1n) is 3.76. The van der Waals surface area contributed by atoms with Crippen LogP contribution in [0.5, 0.6) is 0 Å². The first-order chi connectivity index (χ1) is 5.27. The largest absolute Gasteiger partial charge is 0.307 e. The number of rotatable bonds is 0. The lowest BCUT2D eigenvalue weighted by molar-refractivity contribution is 0.591. The van der Waals surface area contributed by atoms with Gasteiger partial charge in [-0.05, 0) is 16.8 Å². The first kappa shape index (κ1) is 3.14. The van der Waals surface area contributed by atoms with E-state index < -0.39 is 0 Å². The van der Waals surface area contributed by atoms with Gasteiger partial charge in [-0.25, -0.2) is 0 Å². The number of hydrogen-bond donors (Lipinski definition) is 1. The summed E-state index contributed by atoms with van der Waals surface area (Å²) in [6.45, 7) is 0.359. The molecular formula is C4H7N5. The van der Waals surface area contributed by atoms with Crippen LogP contribution in [0, 0.1) is 0 Å². The fraction of sp³-hybridized carbons (Fsp3) is 0.750. The monoisotopic (exact) mass is 127 g/mol. The third-order valence-electron chi connectivity index (χ3n) is 1.19. The molecule has 0 radical (unpaired) electrons. The molecule has 2 heterocycles. The predicted molar refractivity (Wildman–Crippen MR) is 30.4 cm³/mol. The average molecular weight is 127 g/mol. The van der Waals surface area contributed by atoms with Gasteiger partial charge in [0.15, 0.2) is 7.24 Å². The van der Waals surface area contributed by atoms with Crippen molar-refractivity contribution in [3.8, 4) is 0 Å². The van der Waals surface area contributed by atoms with Crippen LogP contribution in [0.1, 0.15) is 13.6 Å². The number of hydrogen-bond acceptors (Lipinski definition) is 4. The topological polar surface area (TPSA) is 55.6 Å². The van der Waals surface area contributed by atoms with Crippen LogP contribution < -0.4 is 5.42 Å². The minimum absolute atomic E-state index is 0.286. The maximum absolute atomic E-state index is 7.40. The summed E-state index contributed by atoms with van der Waals surface area (Å²) in [5.41, 5.74) is 1.09. The van der Waals surface area contributed by atoms with E-state index in [0.29, 0.717) is 18.8 Å². The van der Waals surface area contributed by atoms with E-state index in [1.54, 1.807) is 0 Å². The van der Waals surface area contributed by atoms with Crippen LogP contribution >= 0.6 is 0 Å². The molecular weight excluding hydrogens is 118 g/mol. The highest BCUT2D eigenvalue weighted by Crippen LogP contribution is 1.99. The van der Waals surface area contributed by atoms with E-state index in [9.17, 15) is 0 Å². The summed E-state index contributed by atoms with van der Waals surface area (Å²) >= 11 is 0. The Morgan fingerprint density at radius 3 is 3.89 bits per heavy atom. The second-order valence-electron chi connectivity index (χ2n) is 1.80. The van der Waals surface area contributed by atoms with E-state index in [2.05, 4.69) is 15.5 Å². The number of nitrogens with zero attached hydrogens (tertiary/aromatic N) is 4. The Kier molecular flexibility index (Phi) is 0.587. The molecule has 0 aromatic carbocycles. The van der Waals surface area contributed by atoms with Crippen LogP contribution in [0.3, 0.4) is 0 Å². The Bertz CT molecular complexity index is 261.